The number of para-hydroxylation sites is 1. The molecule has 0 spiro atoms. The number of H-pyrrole nitrogens is 1. The van der Waals surface area contributed by atoms with Crippen LogP contribution in [0, 0.1) is 0 Å². The molecular weight excluding hydrogens is 412 g/mol. The third-order valence-corrected chi connectivity index (χ3v) is 5.85. The van der Waals surface area contributed by atoms with Gasteiger partial charge in [0.25, 0.3) is 10.8 Å². The molecule has 2 aromatic carbocycles. The van der Waals surface area contributed by atoms with Gasteiger partial charge < -0.3 is 13.8 Å². The van der Waals surface area contributed by atoms with Crippen LogP contribution in [0.2, 0.25) is 0 Å². The minimum absolute atomic E-state index is 0.0831. The van der Waals surface area contributed by atoms with Crippen molar-refractivity contribution in [3.05, 3.63) is 70.3 Å². The Balaban J connectivity index is 1.36. The van der Waals surface area contributed by atoms with Crippen molar-refractivity contribution in [2.45, 2.75) is 37.2 Å². The third-order valence-electron chi connectivity index (χ3n) is 5.02. The van der Waals surface area contributed by atoms with Gasteiger partial charge in [-0.25, -0.2) is 4.98 Å². The molecule has 1 N–H and O–H groups in total. The van der Waals surface area contributed by atoms with Crippen LogP contribution < -0.4 is 5.56 Å². The topological polar surface area (TPSA) is 97.8 Å². The zero-order valence-electron chi connectivity index (χ0n) is 17.3. The number of hydrogen-bond acceptors (Lipinski definition) is 7. The summed E-state index contributed by atoms with van der Waals surface area (Å²) in [5.74, 6) is 1.36. The van der Waals surface area contributed by atoms with Gasteiger partial charge in [-0.15, -0.1) is 10.2 Å². The molecule has 0 bridgehead atoms. The van der Waals surface area contributed by atoms with Crippen LogP contribution in [0.25, 0.3) is 33.5 Å². The molecule has 3 aromatic heterocycles. The second kappa shape index (κ2) is 7.39. The Morgan fingerprint density at radius 3 is 2.55 bits per heavy atom. The SMILES string of the molecule is CC(C)(C)c1ccc(-c2nnc(SCc3nc4c(oc5ccccc54)c(=O)[nH]3)o2)cc1. The number of rotatable bonds is 4. The van der Waals surface area contributed by atoms with E-state index in [2.05, 4.69) is 53.1 Å². The Hall–Kier alpha value is -3.39. The fourth-order valence-corrected chi connectivity index (χ4v) is 3.98. The normalized spacial score (nSPS) is 12.1. The van der Waals surface area contributed by atoms with Crippen LogP contribution in [0.4, 0.5) is 0 Å². The lowest BCUT2D eigenvalue weighted by Crippen LogP contribution is -2.10. The van der Waals surface area contributed by atoms with Crippen molar-refractivity contribution < 1.29 is 8.83 Å². The van der Waals surface area contributed by atoms with E-state index >= 15 is 0 Å². The Morgan fingerprint density at radius 1 is 1.00 bits per heavy atom. The van der Waals surface area contributed by atoms with Crippen molar-refractivity contribution in [2.24, 2.45) is 0 Å². The first-order chi connectivity index (χ1) is 14.9. The predicted molar refractivity (Wildman–Crippen MR) is 120 cm³/mol. The van der Waals surface area contributed by atoms with Crippen LogP contribution in [0.3, 0.4) is 0 Å². The number of aromatic nitrogens is 4. The van der Waals surface area contributed by atoms with Gasteiger partial charge in [0.15, 0.2) is 0 Å². The summed E-state index contributed by atoms with van der Waals surface area (Å²) in [6.45, 7) is 6.52. The van der Waals surface area contributed by atoms with E-state index in [4.69, 9.17) is 8.83 Å². The maximum atomic E-state index is 12.4. The summed E-state index contributed by atoms with van der Waals surface area (Å²) in [6.07, 6.45) is 0. The van der Waals surface area contributed by atoms with Crippen LogP contribution in [-0.2, 0) is 11.2 Å². The molecular formula is C23H20N4O3S. The largest absolute Gasteiger partial charge is 0.449 e. The molecule has 5 aromatic rings. The number of aromatic amines is 1. The molecule has 0 aliphatic heterocycles. The molecule has 0 unspecified atom stereocenters. The van der Waals surface area contributed by atoms with E-state index in [1.54, 1.807) is 0 Å². The Labute approximate surface area is 181 Å². The van der Waals surface area contributed by atoms with Crippen molar-refractivity contribution in [1.29, 1.82) is 0 Å². The first-order valence-electron chi connectivity index (χ1n) is 9.86. The minimum atomic E-state index is -0.304. The summed E-state index contributed by atoms with van der Waals surface area (Å²) in [5.41, 5.74) is 3.31. The predicted octanol–water partition coefficient (Wildman–Crippen LogP) is 5.31. The summed E-state index contributed by atoms with van der Waals surface area (Å²) in [7, 11) is 0. The van der Waals surface area contributed by atoms with E-state index in [1.807, 2.05) is 36.4 Å². The van der Waals surface area contributed by atoms with Gasteiger partial charge in [-0.3, -0.25) is 4.79 Å². The average molecular weight is 433 g/mol. The van der Waals surface area contributed by atoms with Gasteiger partial charge in [0.1, 0.15) is 16.9 Å². The molecule has 0 radical (unpaired) electrons. The number of furan rings is 1. The average Bonchev–Trinajstić information content (AvgIpc) is 3.37. The molecule has 0 saturated carbocycles. The number of fused-ring (bicyclic) bond motifs is 3. The van der Waals surface area contributed by atoms with Crippen molar-refractivity contribution in [3.8, 4) is 11.5 Å². The van der Waals surface area contributed by atoms with E-state index in [0.29, 0.717) is 33.8 Å². The van der Waals surface area contributed by atoms with Crippen LogP contribution in [0.1, 0.15) is 32.2 Å². The maximum Gasteiger partial charge on any atom is 0.294 e. The molecule has 0 aliphatic rings. The van der Waals surface area contributed by atoms with Crippen molar-refractivity contribution in [3.63, 3.8) is 0 Å². The smallest absolute Gasteiger partial charge is 0.294 e. The Bertz CT molecular complexity index is 1440. The fourth-order valence-electron chi connectivity index (χ4n) is 3.34. The second-order valence-electron chi connectivity index (χ2n) is 8.28. The lowest BCUT2D eigenvalue weighted by Gasteiger charge is -2.18. The number of thioether (sulfide) groups is 1. The van der Waals surface area contributed by atoms with E-state index in [1.165, 1.54) is 17.3 Å². The van der Waals surface area contributed by atoms with Crippen LogP contribution in [0.5, 0.6) is 0 Å². The highest BCUT2D eigenvalue weighted by Gasteiger charge is 2.16. The van der Waals surface area contributed by atoms with E-state index in [9.17, 15) is 4.79 Å². The number of nitrogens with one attached hydrogen (secondary N) is 1. The molecule has 156 valence electrons. The highest BCUT2D eigenvalue weighted by atomic mass is 32.2. The molecule has 0 atom stereocenters. The summed E-state index contributed by atoms with van der Waals surface area (Å²) in [4.78, 5) is 19.8. The summed E-state index contributed by atoms with van der Waals surface area (Å²) in [5, 5.41) is 9.48. The van der Waals surface area contributed by atoms with Gasteiger partial charge >= 0.3 is 0 Å². The first kappa shape index (κ1) is 19.6. The van der Waals surface area contributed by atoms with Gasteiger partial charge in [-0.1, -0.05) is 56.8 Å². The van der Waals surface area contributed by atoms with Crippen molar-refractivity contribution in [2.75, 3.05) is 0 Å². The molecule has 31 heavy (non-hydrogen) atoms. The van der Waals surface area contributed by atoms with Crippen LogP contribution >= 0.6 is 11.8 Å². The Morgan fingerprint density at radius 2 is 1.77 bits per heavy atom. The van der Waals surface area contributed by atoms with E-state index in [-0.39, 0.29) is 16.6 Å². The van der Waals surface area contributed by atoms with Gasteiger partial charge in [0.05, 0.1) is 5.75 Å². The van der Waals surface area contributed by atoms with Crippen molar-refractivity contribution in [1.82, 2.24) is 20.2 Å². The zero-order valence-corrected chi connectivity index (χ0v) is 18.1. The zero-order chi connectivity index (χ0) is 21.6. The third kappa shape index (κ3) is 3.74. The van der Waals surface area contributed by atoms with E-state index < -0.39 is 0 Å². The van der Waals surface area contributed by atoms with Crippen LogP contribution in [-0.4, -0.2) is 20.2 Å². The molecule has 0 saturated heterocycles. The van der Waals surface area contributed by atoms with Gasteiger partial charge in [-0.05, 0) is 35.2 Å². The lowest BCUT2D eigenvalue weighted by molar-refractivity contribution is 0.465. The quantitative estimate of drug-likeness (QED) is 0.384. The highest BCUT2D eigenvalue weighted by molar-refractivity contribution is 7.98. The molecule has 5 rings (SSSR count). The first-order valence-corrected chi connectivity index (χ1v) is 10.8. The second-order valence-corrected chi connectivity index (χ2v) is 9.20. The number of hydrogen-bond donors (Lipinski definition) is 1. The minimum Gasteiger partial charge on any atom is -0.449 e. The van der Waals surface area contributed by atoms with E-state index in [0.717, 1.165) is 10.9 Å². The maximum absolute atomic E-state index is 12.4. The summed E-state index contributed by atoms with van der Waals surface area (Å²) in [6, 6.07) is 15.6. The molecule has 0 fully saturated rings. The van der Waals surface area contributed by atoms with Gasteiger partial charge in [0.2, 0.25) is 11.5 Å². The van der Waals surface area contributed by atoms with Crippen molar-refractivity contribution >= 4 is 33.8 Å². The van der Waals surface area contributed by atoms with Gasteiger partial charge in [0, 0.05) is 10.9 Å². The standard InChI is InChI=1S/C23H20N4O3S/c1-23(2,3)14-10-8-13(9-11-14)21-26-27-22(30-21)31-12-17-24-18-15-6-4-5-7-16(15)29-19(18)20(28)25-17/h4-11H,12H2,1-3H3,(H,24,25,28). The molecule has 8 heteroatoms. The fraction of sp³-hybridized carbons (Fsp3) is 0.217. The highest BCUT2D eigenvalue weighted by Crippen LogP contribution is 2.29. The number of benzene rings is 2. The lowest BCUT2D eigenvalue weighted by atomic mass is 9.87. The molecule has 3 heterocycles. The summed E-state index contributed by atoms with van der Waals surface area (Å²) >= 11 is 1.32. The molecule has 7 nitrogen and oxygen atoms in total. The van der Waals surface area contributed by atoms with Crippen LogP contribution in [0.15, 0.2) is 67.4 Å². The molecule has 0 amide bonds. The molecule has 0 aliphatic carbocycles. The van der Waals surface area contributed by atoms with Gasteiger partial charge in [-0.2, -0.15) is 0 Å². The monoisotopic (exact) mass is 432 g/mol. The summed E-state index contributed by atoms with van der Waals surface area (Å²) < 4.78 is 11.4. The number of nitrogens with zero attached hydrogens (tertiary/aromatic N) is 3. The Kier molecular flexibility index (Phi) is 4.66.